The van der Waals surface area contributed by atoms with Crippen LogP contribution in [0.2, 0.25) is 0 Å². The van der Waals surface area contributed by atoms with Crippen LogP contribution < -0.4 is 5.56 Å². The highest BCUT2D eigenvalue weighted by Crippen LogP contribution is 2.43. The molecule has 4 heteroatoms. The summed E-state index contributed by atoms with van der Waals surface area (Å²) in [5.41, 5.74) is 1.24. The van der Waals surface area contributed by atoms with Crippen LogP contribution in [0.1, 0.15) is 24.8 Å². The Morgan fingerprint density at radius 3 is 2.69 bits per heavy atom. The Morgan fingerprint density at radius 2 is 2.19 bits per heavy atom. The summed E-state index contributed by atoms with van der Waals surface area (Å²) >= 11 is 7.02. The summed E-state index contributed by atoms with van der Waals surface area (Å²) in [6.45, 7) is 2.70. The van der Waals surface area contributed by atoms with Crippen LogP contribution >= 0.6 is 31.9 Å². The van der Waals surface area contributed by atoms with Gasteiger partial charge >= 0.3 is 0 Å². The first kappa shape index (κ1) is 12.4. The molecule has 0 aliphatic heterocycles. The number of hydrogen-bond acceptors (Lipinski definition) is 1. The number of pyridine rings is 1. The normalized spacial score (nSPS) is 18.2. The molecule has 2 nitrogen and oxygen atoms in total. The van der Waals surface area contributed by atoms with Gasteiger partial charge in [0, 0.05) is 28.1 Å². The molecule has 1 aromatic rings. The van der Waals surface area contributed by atoms with Crippen LogP contribution in [-0.4, -0.2) is 9.90 Å². The largest absolute Gasteiger partial charge is 0.314 e. The summed E-state index contributed by atoms with van der Waals surface area (Å²) in [4.78, 5) is 12.0. The lowest BCUT2D eigenvalue weighted by Crippen LogP contribution is -2.39. The van der Waals surface area contributed by atoms with Crippen molar-refractivity contribution in [1.82, 2.24) is 4.57 Å². The Balaban J connectivity index is 2.31. The first-order valence-electron chi connectivity index (χ1n) is 5.49. The molecule has 2 rings (SSSR count). The zero-order valence-corrected chi connectivity index (χ0v) is 12.5. The number of rotatable bonds is 3. The molecular weight excluding hydrogens is 334 g/mol. The Kier molecular flexibility index (Phi) is 3.59. The minimum absolute atomic E-state index is 0.135. The van der Waals surface area contributed by atoms with E-state index in [1.54, 1.807) is 0 Å². The molecule has 0 spiro atoms. The number of hydrogen-bond donors (Lipinski definition) is 0. The molecule has 16 heavy (non-hydrogen) atoms. The van der Waals surface area contributed by atoms with Crippen molar-refractivity contribution in [2.75, 3.05) is 5.33 Å². The molecule has 1 aromatic heterocycles. The zero-order valence-electron chi connectivity index (χ0n) is 9.30. The summed E-state index contributed by atoms with van der Waals surface area (Å²) in [6.07, 6.45) is 5.62. The molecule has 0 unspecified atom stereocenters. The van der Waals surface area contributed by atoms with E-state index in [9.17, 15) is 4.79 Å². The van der Waals surface area contributed by atoms with Gasteiger partial charge in [0.05, 0.1) is 0 Å². The van der Waals surface area contributed by atoms with E-state index in [1.165, 1.54) is 19.3 Å². The first-order chi connectivity index (χ1) is 7.56. The second-order valence-electron chi connectivity index (χ2n) is 4.76. The fourth-order valence-electron chi connectivity index (χ4n) is 2.23. The Hall–Kier alpha value is -0.0900. The third-order valence-corrected chi connectivity index (χ3v) is 5.06. The summed E-state index contributed by atoms with van der Waals surface area (Å²) in [5, 5.41) is 0.984. The Bertz CT molecular complexity index is 443. The van der Waals surface area contributed by atoms with Crippen molar-refractivity contribution < 1.29 is 0 Å². The van der Waals surface area contributed by atoms with Gasteiger partial charge in [0.15, 0.2) is 0 Å². The van der Waals surface area contributed by atoms with E-state index in [4.69, 9.17) is 0 Å². The van der Waals surface area contributed by atoms with Crippen molar-refractivity contribution in [1.29, 1.82) is 0 Å². The number of nitrogens with zero attached hydrogens (tertiary/aromatic N) is 1. The number of halogens is 2. The van der Waals surface area contributed by atoms with Gasteiger partial charge in [-0.2, -0.15) is 0 Å². The van der Waals surface area contributed by atoms with Gasteiger partial charge in [-0.05, 0) is 47.2 Å². The van der Waals surface area contributed by atoms with Gasteiger partial charge in [0.2, 0.25) is 0 Å². The molecule has 0 saturated heterocycles. The molecule has 0 radical (unpaired) electrons. The monoisotopic (exact) mass is 347 g/mol. The van der Waals surface area contributed by atoms with E-state index in [0.717, 1.165) is 21.9 Å². The lowest BCUT2D eigenvalue weighted by atomic mass is 9.70. The Labute approximate surface area is 112 Å². The molecule has 1 saturated carbocycles. The summed E-state index contributed by atoms with van der Waals surface area (Å²) < 4.78 is 2.83. The van der Waals surface area contributed by atoms with Crippen LogP contribution in [0.4, 0.5) is 0 Å². The highest BCUT2D eigenvalue weighted by molar-refractivity contribution is 9.10. The van der Waals surface area contributed by atoms with E-state index in [2.05, 4.69) is 31.9 Å². The van der Waals surface area contributed by atoms with Gasteiger partial charge in [-0.1, -0.05) is 22.4 Å². The predicted molar refractivity (Wildman–Crippen MR) is 73.2 cm³/mol. The molecule has 1 aliphatic rings. The van der Waals surface area contributed by atoms with Crippen LogP contribution in [-0.2, 0) is 6.54 Å². The maximum atomic E-state index is 12.0. The van der Waals surface area contributed by atoms with Crippen molar-refractivity contribution in [3.8, 4) is 0 Å². The van der Waals surface area contributed by atoms with Crippen molar-refractivity contribution >= 4 is 31.9 Å². The van der Waals surface area contributed by atoms with Gasteiger partial charge in [-0.3, -0.25) is 4.79 Å². The lowest BCUT2D eigenvalue weighted by molar-refractivity contribution is 0.138. The average molecular weight is 349 g/mol. The van der Waals surface area contributed by atoms with Gasteiger partial charge < -0.3 is 4.57 Å². The van der Waals surface area contributed by atoms with E-state index in [0.29, 0.717) is 5.41 Å². The molecule has 88 valence electrons. The van der Waals surface area contributed by atoms with Crippen LogP contribution in [0, 0.1) is 12.3 Å². The quantitative estimate of drug-likeness (QED) is 0.766. The smallest absolute Gasteiger partial charge is 0.253 e. The van der Waals surface area contributed by atoms with Gasteiger partial charge in [-0.15, -0.1) is 0 Å². The number of alkyl halides is 1. The molecule has 0 N–H and O–H groups in total. The van der Waals surface area contributed by atoms with Crippen molar-refractivity contribution in [3.05, 3.63) is 32.7 Å². The topological polar surface area (TPSA) is 22.0 Å². The second-order valence-corrected chi connectivity index (χ2v) is 6.24. The van der Waals surface area contributed by atoms with Crippen LogP contribution in [0.15, 0.2) is 21.5 Å². The molecular formula is C12H15Br2NO. The maximum absolute atomic E-state index is 12.0. The highest BCUT2D eigenvalue weighted by Gasteiger charge is 2.36. The molecule has 0 amide bonds. The van der Waals surface area contributed by atoms with E-state index in [-0.39, 0.29) is 5.56 Å². The van der Waals surface area contributed by atoms with E-state index < -0.39 is 0 Å². The summed E-state index contributed by atoms with van der Waals surface area (Å²) in [5.74, 6) is 0. The zero-order chi connectivity index (χ0) is 11.8. The fourth-order valence-corrected chi connectivity index (χ4v) is 3.56. The maximum Gasteiger partial charge on any atom is 0.253 e. The van der Waals surface area contributed by atoms with Gasteiger partial charge in [0.25, 0.3) is 5.56 Å². The summed E-state index contributed by atoms with van der Waals surface area (Å²) in [6, 6.07) is 1.88. The predicted octanol–water partition coefficient (Wildman–Crippen LogP) is 3.48. The highest BCUT2D eigenvalue weighted by atomic mass is 79.9. The number of aryl methyl sites for hydroxylation is 1. The van der Waals surface area contributed by atoms with E-state index >= 15 is 0 Å². The fraction of sp³-hybridized carbons (Fsp3) is 0.583. The third-order valence-electron chi connectivity index (χ3n) is 3.44. The molecule has 1 aliphatic carbocycles. The SMILES string of the molecule is Cc1cc(Br)cn(CC2(CBr)CCC2)c1=O. The molecule has 0 bridgehead atoms. The summed E-state index contributed by atoms with van der Waals surface area (Å²) in [7, 11) is 0. The number of aromatic nitrogens is 1. The first-order valence-corrected chi connectivity index (χ1v) is 7.40. The van der Waals surface area contributed by atoms with Crippen LogP contribution in [0.3, 0.4) is 0 Å². The van der Waals surface area contributed by atoms with Crippen LogP contribution in [0.5, 0.6) is 0 Å². The standard InChI is InChI=1S/C12H15Br2NO/c1-9-5-10(14)6-15(11(9)16)8-12(7-13)3-2-4-12/h5-6H,2-4,7-8H2,1H3. The minimum Gasteiger partial charge on any atom is -0.314 e. The van der Waals surface area contributed by atoms with Crippen molar-refractivity contribution in [3.63, 3.8) is 0 Å². The minimum atomic E-state index is 0.135. The molecule has 1 fully saturated rings. The van der Waals surface area contributed by atoms with Gasteiger partial charge in [-0.25, -0.2) is 0 Å². The van der Waals surface area contributed by atoms with Crippen LogP contribution in [0.25, 0.3) is 0 Å². The Morgan fingerprint density at radius 1 is 1.50 bits per heavy atom. The van der Waals surface area contributed by atoms with E-state index in [1.807, 2.05) is 23.8 Å². The molecule has 0 aromatic carbocycles. The van der Waals surface area contributed by atoms with Gasteiger partial charge in [0.1, 0.15) is 0 Å². The molecule has 0 atom stereocenters. The van der Waals surface area contributed by atoms with Crippen molar-refractivity contribution in [2.24, 2.45) is 5.41 Å². The third kappa shape index (κ3) is 2.28. The lowest BCUT2D eigenvalue weighted by Gasteiger charge is -2.40. The molecule has 1 heterocycles. The second kappa shape index (κ2) is 4.65. The average Bonchev–Trinajstić information content (AvgIpc) is 2.18. The van der Waals surface area contributed by atoms with Crippen molar-refractivity contribution in [2.45, 2.75) is 32.7 Å².